The van der Waals surface area contributed by atoms with E-state index in [0.717, 1.165) is 25.7 Å². The van der Waals surface area contributed by atoms with Crippen LogP contribution in [0, 0.1) is 0 Å². The Kier molecular flexibility index (Phi) is 4.98. The van der Waals surface area contributed by atoms with Gasteiger partial charge in [0.05, 0.1) is 0 Å². The zero-order valence-electron chi connectivity index (χ0n) is 13.8. The van der Waals surface area contributed by atoms with Gasteiger partial charge < -0.3 is 10.6 Å². The highest BCUT2D eigenvalue weighted by atomic mass is 16.2. The molecule has 2 aliphatic rings. The van der Waals surface area contributed by atoms with Gasteiger partial charge in [0, 0.05) is 18.3 Å². The molecule has 2 aliphatic carbocycles. The third kappa shape index (κ3) is 3.92. The molecule has 2 fully saturated rings. The quantitative estimate of drug-likeness (QED) is 0.873. The maximum Gasteiger partial charge on any atom is 0.271 e. The Morgan fingerprint density at radius 3 is 2.26 bits per heavy atom. The van der Waals surface area contributed by atoms with Crippen molar-refractivity contribution < 1.29 is 9.59 Å². The van der Waals surface area contributed by atoms with Crippen molar-refractivity contribution in [1.29, 1.82) is 0 Å². The molecule has 126 valence electrons. The first-order valence-corrected chi connectivity index (χ1v) is 8.80. The molecule has 0 aliphatic heterocycles. The minimum absolute atomic E-state index is 0.0252. The van der Waals surface area contributed by atoms with Gasteiger partial charge >= 0.3 is 0 Å². The molecule has 6 heteroatoms. The van der Waals surface area contributed by atoms with E-state index in [2.05, 4.69) is 15.7 Å². The highest BCUT2D eigenvalue weighted by Crippen LogP contribution is 2.19. The Balaban J connectivity index is 1.56. The SMILES string of the molecule is C[C@H](C(=O)NC1CCCC1)n1ccc(C(=O)NC2CCCC2)n1. The number of rotatable bonds is 5. The van der Waals surface area contributed by atoms with Crippen LogP contribution in [0.3, 0.4) is 0 Å². The minimum Gasteiger partial charge on any atom is -0.352 e. The maximum absolute atomic E-state index is 12.3. The van der Waals surface area contributed by atoms with Crippen LogP contribution in [-0.4, -0.2) is 33.7 Å². The van der Waals surface area contributed by atoms with Crippen molar-refractivity contribution in [2.75, 3.05) is 0 Å². The molecule has 0 aromatic carbocycles. The second-order valence-electron chi connectivity index (χ2n) is 6.80. The number of amides is 2. The van der Waals surface area contributed by atoms with E-state index in [1.807, 2.05) is 6.92 Å². The highest BCUT2D eigenvalue weighted by Gasteiger charge is 2.23. The van der Waals surface area contributed by atoms with Crippen molar-refractivity contribution >= 4 is 11.8 Å². The fourth-order valence-corrected chi connectivity index (χ4v) is 3.52. The average molecular weight is 318 g/mol. The molecule has 0 radical (unpaired) electrons. The molecule has 2 saturated carbocycles. The summed E-state index contributed by atoms with van der Waals surface area (Å²) >= 11 is 0. The summed E-state index contributed by atoms with van der Waals surface area (Å²) in [6.07, 6.45) is 10.7. The van der Waals surface area contributed by atoms with Crippen molar-refractivity contribution in [3.63, 3.8) is 0 Å². The lowest BCUT2D eigenvalue weighted by atomic mass is 10.2. The third-order valence-electron chi connectivity index (χ3n) is 5.01. The third-order valence-corrected chi connectivity index (χ3v) is 5.01. The zero-order valence-corrected chi connectivity index (χ0v) is 13.8. The van der Waals surface area contributed by atoms with Crippen LogP contribution in [0.2, 0.25) is 0 Å². The first-order chi connectivity index (χ1) is 11.1. The Morgan fingerprint density at radius 1 is 1.09 bits per heavy atom. The van der Waals surface area contributed by atoms with Gasteiger partial charge in [-0.3, -0.25) is 14.3 Å². The number of nitrogens with zero attached hydrogens (tertiary/aromatic N) is 2. The molecule has 1 aromatic rings. The average Bonchev–Trinajstić information content (AvgIpc) is 3.28. The van der Waals surface area contributed by atoms with Gasteiger partial charge in [0.1, 0.15) is 11.7 Å². The highest BCUT2D eigenvalue weighted by molar-refractivity contribution is 5.92. The first-order valence-electron chi connectivity index (χ1n) is 8.80. The topological polar surface area (TPSA) is 76.0 Å². The van der Waals surface area contributed by atoms with E-state index < -0.39 is 6.04 Å². The fraction of sp³-hybridized carbons (Fsp3) is 0.706. The van der Waals surface area contributed by atoms with Gasteiger partial charge in [-0.1, -0.05) is 25.7 Å². The van der Waals surface area contributed by atoms with Crippen molar-refractivity contribution in [2.45, 2.75) is 76.4 Å². The van der Waals surface area contributed by atoms with Gasteiger partial charge in [0.15, 0.2) is 0 Å². The normalized spacial score (nSPS) is 20.6. The van der Waals surface area contributed by atoms with Crippen LogP contribution >= 0.6 is 0 Å². The van der Waals surface area contributed by atoms with Crippen LogP contribution in [0.5, 0.6) is 0 Å². The Morgan fingerprint density at radius 2 is 1.65 bits per heavy atom. The number of nitrogens with one attached hydrogen (secondary N) is 2. The molecule has 2 N–H and O–H groups in total. The number of carbonyl (C=O) groups is 2. The van der Waals surface area contributed by atoms with Gasteiger partial charge in [-0.15, -0.1) is 0 Å². The number of carbonyl (C=O) groups excluding carboxylic acids is 2. The van der Waals surface area contributed by atoms with Gasteiger partial charge in [0.2, 0.25) is 5.91 Å². The van der Waals surface area contributed by atoms with E-state index >= 15 is 0 Å². The van der Waals surface area contributed by atoms with Gasteiger partial charge in [0.25, 0.3) is 5.91 Å². The molecule has 1 atom stereocenters. The molecule has 1 heterocycles. The van der Waals surface area contributed by atoms with Crippen LogP contribution in [0.25, 0.3) is 0 Å². The number of aromatic nitrogens is 2. The summed E-state index contributed by atoms with van der Waals surface area (Å²) in [4.78, 5) is 24.5. The monoisotopic (exact) mass is 318 g/mol. The summed E-state index contributed by atoms with van der Waals surface area (Å²) < 4.78 is 1.58. The second kappa shape index (κ2) is 7.15. The maximum atomic E-state index is 12.3. The molecule has 6 nitrogen and oxygen atoms in total. The predicted octanol–water partition coefficient (Wildman–Crippen LogP) is 2.18. The zero-order chi connectivity index (χ0) is 16.2. The molecular formula is C17H26N4O2. The number of hydrogen-bond acceptors (Lipinski definition) is 3. The van der Waals surface area contributed by atoms with Gasteiger partial charge in [-0.25, -0.2) is 0 Å². The molecule has 23 heavy (non-hydrogen) atoms. The fourth-order valence-electron chi connectivity index (χ4n) is 3.52. The summed E-state index contributed by atoms with van der Waals surface area (Å²) in [5.41, 5.74) is 0.386. The molecule has 0 bridgehead atoms. The number of hydrogen-bond donors (Lipinski definition) is 2. The van der Waals surface area contributed by atoms with Crippen molar-refractivity contribution in [3.05, 3.63) is 18.0 Å². The van der Waals surface area contributed by atoms with Gasteiger partial charge in [-0.2, -0.15) is 5.10 Å². The van der Waals surface area contributed by atoms with Crippen LogP contribution in [0.15, 0.2) is 12.3 Å². The van der Waals surface area contributed by atoms with Crippen LogP contribution < -0.4 is 10.6 Å². The van der Waals surface area contributed by atoms with E-state index in [9.17, 15) is 9.59 Å². The second-order valence-corrected chi connectivity index (χ2v) is 6.80. The predicted molar refractivity (Wildman–Crippen MR) is 87.1 cm³/mol. The molecular weight excluding hydrogens is 292 g/mol. The lowest BCUT2D eigenvalue weighted by Gasteiger charge is -2.17. The Hall–Kier alpha value is -1.85. The van der Waals surface area contributed by atoms with E-state index in [1.54, 1.807) is 16.9 Å². The lowest BCUT2D eigenvalue weighted by molar-refractivity contribution is -0.124. The molecule has 2 amide bonds. The molecule has 0 spiro atoms. The summed E-state index contributed by atoms with van der Waals surface area (Å²) in [7, 11) is 0. The van der Waals surface area contributed by atoms with Gasteiger partial charge in [-0.05, 0) is 38.7 Å². The molecule has 0 unspecified atom stereocenters. The standard InChI is InChI=1S/C17H26N4O2/c1-12(16(22)18-13-6-2-3-7-13)21-11-10-15(20-21)17(23)19-14-8-4-5-9-14/h10-14H,2-9H2,1H3,(H,18,22)(H,19,23)/t12-/m1/s1. The van der Waals surface area contributed by atoms with Crippen LogP contribution in [-0.2, 0) is 4.79 Å². The van der Waals surface area contributed by atoms with Crippen molar-refractivity contribution in [2.24, 2.45) is 0 Å². The summed E-state index contributed by atoms with van der Waals surface area (Å²) in [6, 6.07) is 1.86. The van der Waals surface area contributed by atoms with Crippen molar-refractivity contribution in [3.8, 4) is 0 Å². The van der Waals surface area contributed by atoms with E-state index in [1.165, 1.54) is 25.7 Å². The smallest absolute Gasteiger partial charge is 0.271 e. The summed E-state index contributed by atoms with van der Waals surface area (Å²) in [6.45, 7) is 1.82. The molecule has 0 saturated heterocycles. The molecule has 1 aromatic heterocycles. The Labute approximate surface area is 137 Å². The van der Waals surface area contributed by atoms with E-state index in [-0.39, 0.29) is 17.9 Å². The largest absolute Gasteiger partial charge is 0.352 e. The van der Waals surface area contributed by atoms with Crippen LogP contribution in [0.1, 0.15) is 74.8 Å². The Bertz CT molecular complexity index is 557. The lowest BCUT2D eigenvalue weighted by Crippen LogP contribution is -2.37. The summed E-state index contributed by atoms with van der Waals surface area (Å²) in [5, 5.41) is 10.4. The van der Waals surface area contributed by atoms with Crippen LogP contribution in [0.4, 0.5) is 0 Å². The van der Waals surface area contributed by atoms with E-state index in [0.29, 0.717) is 11.7 Å². The molecule has 3 rings (SSSR count). The van der Waals surface area contributed by atoms with Crippen molar-refractivity contribution in [1.82, 2.24) is 20.4 Å². The summed E-state index contributed by atoms with van der Waals surface area (Å²) in [5.74, 6) is -0.165. The first kappa shape index (κ1) is 16.0. The minimum atomic E-state index is -0.399. The van der Waals surface area contributed by atoms with E-state index in [4.69, 9.17) is 0 Å².